The number of amides is 1. The van der Waals surface area contributed by atoms with Crippen molar-refractivity contribution in [1.82, 2.24) is 15.0 Å². The summed E-state index contributed by atoms with van der Waals surface area (Å²) in [5.74, 6) is 1.94. The first-order valence-corrected chi connectivity index (χ1v) is 9.62. The van der Waals surface area contributed by atoms with Crippen LogP contribution in [0.4, 0.5) is 11.5 Å². The average Bonchev–Trinajstić information content (AvgIpc) is 2.81. The molecule has 1 amide bonds. The molecular weight excluding hydrogens is 406 g/mol. The van der Waals surface area contributed by atoms with E-state index in [1.54, 1.807) is 6.07 Å². The highest BCUT2D eigenvalue weighted by Crippen LogP contribution is 2.36. The number of nitrogen functional groups attached to an aromatic ring is 1. The van der Waals surface area contributed by atoms with Gasteiger partial charge in [0.05, 0.1) is 23.6 Å². The molecule has 0 spiro atoms. The summed E-state index contributed by atoms with van der Waals surface area (Å²) in [6.07, 6.45) is 5.48. The van der Waals surface area contributed by atoms with E-state index in [4.69, 9.17) is 15.2 Å². The van der Waals surface area contributed by atoms with Gasteiger partial charge in [0.25, 0.3) is 0 Å². The van der Waals surface area contributed by atoms with E-state index in [-0.39, 0.29) is 17.6 Å². The van der Waals surface area contributed by atoms with Crippen molar-refractivity contribution in [3.8, 4) is 34.3 Å². The van der Waals surface area contributed by atoms with Gasteiger partial charge in [-0.25, -0.2) is 9.97 Å². The number of carbonyl (C=O) groups excluding carboxylic acids is 1. The first-order valence-electron chi connectivity index (χ1n) is 9.62. The van der Waals surface area contributed by atoms with Crippen molar-refractivity contribution in [2.45, 2.75) is 0 Å². The lowest BCUT2D eigenvalue weighted by molar-refractivity contribution is -0.111. The van der Waals surface area contributed by atoms with Crippen molar-refractivity contribution in [2.75, 3.05) is 11.1 Å². The first kappa shape index (κ1) is 20.5. The summed E-state index contributed by atoms with van der Waals surface area (Å²) in [7, 11) is 0. The Hall–Kier alpha value is -4.72. The van der Waals surface area contributed by atoms with Crippen LogP contribution in [0, 0.1) is 0 Å². The van der Waals surface area contributed by atoms with Gasteiger partial charge in [0.1, 0.15) is 29.4 Å². The summed E-state index contributed by atoms with van der Waals surface area (Å²) < 4.78 is 11.8. The number of carbonyl (C=O) groups is 1. The molecule has 0 unspecified atom stereocenters. The Labute approximate surface area is 184 Å². The molecule has 0 saturated heterocycles. The van der Waals surface area contributed by atoms with Crippen molar-refractivity contribution in [2.24, 2.45) is 0 Å². The van der Waals surface area contributed by atoms with Gasteiger partial charge in [-0.1, -0.05) is 36.9 Å². The molecule has 0 aliphatic carbocycles. The van der Waals surface area contributed by atoms with Crippen LogP contribution in [0.5, 0.6) is 23.1 Å². The molecule has 0 atom stereocenters. The van der Waals surface area contributed by atoms with Gasteiger partial charge in [-0.2, -0.15) is 0 Å². The van der Waals surface area contributed by atoms with Gasteiger partial charge >= 0.3 is 0 Å². The quantitative estimate of drug-likeness (QED) is 0.408. The number of pyridine rings is 1. The third-order valence-corrected chi connectivity index (χ3v) is 4.34. The number of nitrogens with two attached hydrogens (primary N) is 1. The maximum Gasteiger partial charge on any atom is 0.247 e. The summed E-state index contributed by atoms with van der Waals surface area (Å²) in [4.78, 5) is 23.9. The zero-order valence-electron chi connectivity index (χ0n) is 16.9. The van der Waals surface area contributed by atoms with Gasteiger partial charge in [0.15, 0.2) is 0 Å². The zero-order chi connectivity index (χ0) is 22.3. The van der Waals surface area contributed by atoms with E-state index in [2.05, 4.69) is 26.8 Å². The van der Waals surface area contributed by atoms with Crippen molar-refractivity contribution < 1.29 is 14.3 Å². The molecule has 2 aromatic heterocycles. The van der Waals surface area contributed by atoms with E-state index in [1.165, 1.54) is 24.8 Å². The van der Waals surface area contributed by atoms with E-state index in [0.29, 0.717) is 22.7 Å². The molecule has 8 nitrogen and oxygen atoms in total. The molecule has 0 bridgehead atoms. The molecule has 3 N–H and O–H groups in total. The number of para-hydroxylation sites is 1. The second-order valence-electron chi connectivity index (χ2n) is 6.58. The second kappa shape index (κ2) is 9.40. The number of nitrogens with zero attached hydrogens (tertiary/aromatic N) is 3. The van der Waals surface area contributed by atoms with Crippen LogP contribution < -0.4 is 20.5 Å². The molecule has 8 heteroatoms. The number of benzene rings is 2. The smallest absolute Gasteiger partial charge is 0.247 e. The summed E-state index contributed by atoms with van der Waals surface area (Å²) >= 11 is 0. The molecular formula is C24H19N5O3. The lowest BCUT2D eigenvalue weighted by Crippen LogP contribution is -2.07. The number of rotatable bonds is 7. The molecule has 0 fully saturated rings. The fourth-order valence-electron chi connectivity index (χ4n) is 2.89. The fourth-order valence-corrected chi connectivity index (χ4v) is 2.89. The van der Waals surface area contributed by atoms with Gasteiger partial charge < -0.3 is 20.5 Å². The average molecular weight is 425 g/mol. The Morgan fingerprint density at radius 1 is 0.938 bits per heavy atom. The fraction of sp³-hybridized carbons (Fsp3) is 0. The third-order valence-electron chi connectivity index (χ3n) is 4.34. The van der Waals surface area contributed by atoms with Crippen molar-refractivity contribution in [3.05, 3.63) is 92.0 Å². The molecule has 158 valence electrons. The molecule has 0 aliphatic rings. The number of nitrogens with one attached hydrogen (secondary N) is 1. The van der Waals surface area contributed by atoms with E-state index >= 15 is 0 Å². The minimum absolute atomic E-state index is 0.253. The maximum atomic E-state index is 11.5. The molecule has 0 radical (unpaired) electrons. The zero-order valence-corrected chi connectivity index (χ0v) is 16.9. The molecule has 0 aliphatic heterocycles. The number of anilines is 2. The minimum Gasteiger partial charge on any atom is -0.457 e. The molecule has 2 aromatic carbocycles. The summed E-state index contributed by atoms with van der Waals surface area (Å²) in [5, 5.41) is 2.63. The predicted octanol–water partition coefficient (Wildman–Crippen LogP) is 4.83. The summed E-state index contributed by atoms with van der Waals surface area (Å²) in [5.41, 5.74) is 7.87. The second-order valence-corrected chi connectivity index (χ2v) is 6.58. The van der Waals surface area contributed by atoms with E-state index in [9.17, 15) is 4.79 Å². The Morgan fingerprint density at radius 3 is 2.44 bits per heavy atom. The Morgan fingerprint density at radius 2 is 1.69 bits per heavy atom. The highest BCUT2D eigenvalue weighted by molar-refractivity contribution is 5.98. The number of hydrogen-bond donors (Lipinski definition) is 2. The van der Waals surface area contributed by atoms with Gasteiger partial charge in [0, 0.05) is 6.07 Å². The highest BCUT2D eigenvalue weighted by atomic mass is 16.5. The molecule has 2 heterocycles. The molecule has 4 aromatic rings. The van der Waals surface area contributed by atoms with Crippen LogP contribution in [0.1, 0.15) is 0 Å². The number of aromatic nitrogens is 3. The Balaban J connectivity index is 1.59. The van der Waals surface area contributed by atoms with Crippen LogP contribution in [0.3, 0.4) is 0 Å². The maximum absolute atomic E-state index is 11.5. The van der Waals surface area contributed by atoms with Crippen LogP contribution in [0.2, 0.25) is 0 Å². The van der Waals surface area contributed by atoms with Crippen LogP contribution >= 0.6 is 0 Å². The standard InChI is InChI=1S/C24H19N5O3/c1-2-21(30)29-17-12-20(14-26-13-17)32-24-22(23(25)27-15-28-24)16-8-10-19(11-9-16)31-18-6-4-3-5-7-18/h2-15H,1H2,(H,29,30)(H2,25,27,28). The SMILES string of the molecule is C=CC(=O)Nc1cncc(Oc2ncnc(N)c2-c2ccc(Oc3ccccc3)cc2)c1. The largest absolute Gasteiger partial charge is 0.457 e. The van der Waals surface area contributed by atoms with Crippen molar-refractivity contribution in [1.29, 1.82) is 0 Å². The first-order chi connectivity index (χ1) is 15.6. The highest BCUT2D eigenvalue weighted by Gasteiger charge is 2.15. The van der Waals surface area contributed by atoms with Crippen LogP contribution in [-0.4, -0.2) is 20.9 Å². The van der Waals surface area contributed by atoms with Crippen molar-refractivity contribution >= 4 is 17.4 Å². The summed E-state index contributed by atoms with van der Waals surface area (Å²) in [6.45, 7) is 3.43. The third kappa shape index (κ3) is 4.88. The predicted molar refractivity (Wildman–Crippen MR) is 122 cm³/mol. The van der Waals surface area contributed by atoms with E-state index in [0.717, 1.165) is 11.3 Å². The Bertz CT molecular complexity index is 1240. The normalized spacial score (nSPS) is 10.2. The Kier molecular flexibility index (Phi) is 6.03. The van der Waals surface area contributed by atoms with E-state index < -0.39 is 0 Å². The van der Waals surface area contributed by atoms with Crippen LogP contribution in [0.15, 0.2) is 92.0 Å². The van der Waals surface area contributed by atoms with Crippen LogP contribution in [0.25, 0.3) is 11.1 Å². The topological polar surface area (TPSA) is 112 Å². The van der Waals surface area contributed by atoms with Gasteiger partial charge in [0.2, 0.25) is 11.8 Å². The van der Waals surface area contributed by atoms with Gasteiger partial charge in [-0.05, 0) is 35.9 Å². The van der Waals surface area contributed by atoms with Crippen LogP contribution in [-0.2, 0) is 4.79 Å². The van der Waals surface area contributed by atoms with E-state index in [1.807, 2.05) is 54.6 Å². The molecule has 4 rings (SSSR count). The van der Waals surface area contributed by atoms with Gasteiger partial charge in [-0.15, -0.1) is 0 Å². The molecule has 32 heavy (non-hydrogen) atoms. The molecule has 0 saturated carbocycles. The number of ether oxygens (including phenoxy) is 2. The van der Waals surface area contributed by atoms with Crippen molar-refractivity contribution in [3.63, 3.8) is 0 Å². The number of hydrogen-bond acceptors (Lipinski definition) is 7. The monoisotopic (exact) mass is 425 g/mol. The summed E-state index contributed by atoms with van der Waals surface area (Å²) in [6, 6.07) is 18.5. The lowest BCUT2D eigenvalue weighted by atomic mass is 10.1. The van der Waals surface area contributed by atoms with Gasteiger partial charge in [-0.3, -0.25) is 9.78 Å². The lowest BCUT2D eigenvalue weighted by Gasteiger charge is -2.13. The minimum atomic E-state index is -0.353.